The molecular weight excluding hydrogens is 427 g/mol. The number of alkyl halides is 3. The number of hydrogen-bond acceptors (Lipinski definition) is 2. The third kappa shape index (κ3) is 3.38. The zero-order chi connectivity index (χ0) is 23.8. The van der Waals surface area contributed by atoms with Gasteiger partial charge in [0.2, 0.25) is 0 Å². The average molecular weight is 463 g/mol. The van der Waals surface area contributed by atoms with Gasteiger partial charge in [-0.3, -0.25) is 0 Å². The zero-order valence-corrected chi connectivity index (χ0v) is 20.1. The summed E-state index contributed by atoms with van der Waals surface area (Å²) in [5, 5.41) is 0. The van der Waals surface area contributed by atoms with E-state index in [0.29, 0.717) is 23.7 Å². The van der Waals surface area contributed by atoms with Crippen LogP contribution in [0.5, 0.6) is 5.75 Å². The molecule has 0 aromatic heterocycles. The van der Waals surface area contributed by atoms with E-state index in [9.17, 15) is 18.0 Å². The number of halogens is 3. The van der Waals surface area contributed by atoms with Gasteiger partial charge in [-0.15, -0.1) is 13.2 Å². The van der Waals surface area contributed by atoms with Gasteiger partial charge in [0, 0.05) is 17.5 Å². The lowest BCUT2D eigenvalue weighted by Gasteiger charge is -2.59. The maximum atomic E-state index is 13.5. The molecule has 2 saturated carbocycles. The number of likely N-dealkylation sites (tertiary alicyclic amines) is 1. The molecule has 1 aromatic rings. The van der Waals surface area contributed by atoms with Crippen molar-refractivity contribution in [3.8, 4) is 5.75 Å². The summed E-state index contributed by atoms with van der Waals surface area (Å²) in [6.45, 7) is 7.05. The molecule has 1 saturated heterocycles. The fourth-order valence-electron chi connectivity index (χ4n) is 8.60. The van der Waals surface area contributed by atoms with Crippen molar-refractivity contribution >= 4 is 11.6 Å². The summed E-state index contributed by atoms with van der Waals surface area (Å²) in [6.07, 6.45) is 4.13. The van der Waals surface area contributed by atoms with Crippen molar-refractivity contribution in [1.82, 2.24) is 4.48 Å². The molecule has 6 atom stereocenters. The molecule has 1 amide bonds. The Kier molecular flexibility index (Phi) is 5.10. The van der Waals surface area contributed by atoms with Crippen molar-refractivity contribution in [3.05, 3.63) is 35.5 Å². The zero-order valence-electron chi connectivity index (χ0n) is 20.1. The Morgan fingerprint density at radius 3 is 2.39 bits per heavy atom. The molecule has 0 spiro atoms. The van der Waals surface area contributed by atoms with Gasteiger partial charge in [-0.2, -0.15) is 0 Å². The number of nitrogens with zero attached hydrogens (tertiary/aromatic N) is 1. The molecule has 0 radical (unpaired) electrons. The fourth-order valence-corrected chi connectivity index (χ4v) is 8.60. The summed E-state index contributed by atoms with van der Waals surface area (Å²) in [5.41, 5.74) is 3.61. The predicted octanol–water partition coefficient (Wildman–Crippen LogP) is 7.36. The van der Waals surface area contributed by atoms with E-state index in [0.717, 1.165) is 24.4 Å². The molecule has 0 bridgehead atoms. The van der Waals surface area contributed by atoms with Gasteiger partial charge in [-0.1, -0.05) is 20.3 Å². The van der Waals surface area contributed by atoms with Gasteiger partial charge in [-0.25, -0.2) is 9.28 Å². The van der Waals surface area contributed by atoms with Gasteiger partial charge in [0.1, 0.15) is 17.1 Å². The van der Waals surface area contributed by atoms with Crippen molar-refractivity contribution in [2.45, 2.75) is 78.5 Å². The van der Waals surface area contributed by atoms with E-state index in [1.165, 1.54) is 55.5 Å². The van der Waals surface area contributed by atoms with Crippen molar-refractivity contribution in [2.24, 2.45) is 28.6 Å². The number of carbonyl (C=O) groups excluding carboxylic acids is 1. The van der Waals surface area contributed by atoms with Crippen LogP contribution in [-0.2, 0) is 4.79 Å². The average Bonchev–Trinajstić information content (AvgIpc) is 3.12. The lowest BCUT2D eigenvalue weighted by atomic mass is 9.48. The van der Waals surface area contributed by atoms with Crippen LogP contribution in [0.25, 0.3) is 0 Å². The van der Waals surface area contributed by atoms with Crippen LogP contribution in [0.15, 0.2) is 35.5 Å². The quantitative estimate of drug-likeness (QED) is 0.429. The predicted molar refractivity (Wildman–Crippen MR) is 122 cm³/mol. The van der Waals surface area contributed by atoms with Crippen LogP contribution in [0.2, 0.25) is 0 Å². The second-order valence-electron chi connectivity index (χ2n) is 11.7. The molecular formula is C27H35F3NO2+. The van der Waals surface area contributed by atoms with E-state index < -0.39 is 6.36 Å². The molecule has 180 valence electrons. The second kappa shape index (κ2) is 7.34. The van der Waals surface area contributed by atoms with Gasteiger partial charge in [0.25, 0.3) is 0 Å². The van der Waals surface area contributed by atoms with Crippen molar-refractivity contribution in [2.75, 3.05) is 7.05 Å². The van der Waals surface area contributed by atoms with Gasteiger partial charge in [-0.05, 0) is 86.3 Å². The van der Waals surface area contributed by atoms with E-state index in [1.807, 2.05) is 7.05 Å². The summed E-state index contributed by atoms with van der Waals surface area (Å²) >= 11 is 0. The monoisotopic (exact) mass is 462 g/mol. The summed E-state index contributed by atoms with van der Waals surface area (Å²) in [5.74, 6) is 1.85. The minimum atomic E-state index is -4.73. The summed E-state index contributed by atoms with van der Waals surface area (Å²) in [4.78, 5) is 13.5. The molecule has 1 aliphatic heterocycles. The number of allylic oxidation sites excluding steroid dienone is 2. The lowest BCUT2D eigenvalue weighted by Crippen LogP contribution is -2.62. The van der Waals surface area contributed by atoms with Gasteiger partial charge < -0.3 is 4.74 Å². The Balaban J connectivity index is 1.57. The highest BCUT2D eigenvalue weighted by Crippen LogP contribution is 2.66. The highest BCUT2D eigenvalue weighted by atomic mass is 19.4. The number of rotatable bonds is 2. The van der Waals surface area contributed by atoms with Crippen LogP contribution in [-0.4, -0.2) is 19.3 Å². The summed E-state index contributed by atoms with van der Waals surface area (Å²) in [7, 11) is 1.95. The topological polar surface area (TPSA) is 26.3 Å². The van der Waals surface area contributed by atoms with Crippen LogP contribution in [0.1, 0.15) is 72.1 Å². The molecule has 5 rings (SSSR count). The Morgan fingerprint density at radius 2 is 1.73 bits per heavy atom. The number of ether oxygens (including phenoxy) is 1. The third-order valence-corrected chi connectivity index (χ3v) is 9.91. The van der Waals surface area contributed by atoms with Crippen molar-refractivity contribution < 1.29 is 22.7 Å². The number of carbonyl (C=O) groups is 1. The van der Waals surface area contributed by atoms with E-state index in [-0.39, 0.29) is 21.6 Å². The SMILES string of the molecule is CC1=C2[C@](C)(CCC(=O)[N+]2(C)c2ccc(OC(F)(F)F)cc2)[C@H]2CC[C@]3(C)CCC[C@H]3[C@@H]2C1. The highest BCUT2D eigenvalue weighted by Gasteiger charge is 2.63. The molecule has 1 unspecified atom stereocenters. The first-order valence-electron chi connectivity index (χ1n) is 12.4. The molecule has 33 heavy (non-hydrogen) atoms. The van der Waals surface area contributed by atoms with Crippen LogP contribution >= 0.6 is 0 Å². The molecule has 3 nitrogen and oxygen atoms in total. The Labute approximate surface area is 194 Å². The molecule has 4 aliphatic rings. The standard InChI is InChI=1S/C27H35F3NO2/c1-17-16-20-21-6-5-13-25(21,2)14-11-22(20)26(3)15-12-23(32)31(4,24(17)26)18-7-9-19(10-8-18)33-27(28,29)30/h7-10,20-22H,5-6,11-16H2,1-4H3/q+1/t20-,21-,22-,25-,26+,31?/m0/s1. The number of benzene rings is 1. The molecule has 3 fully saturated rings. The molecule has 3 aliphatic carbocycles. The number of amides is 1. The van der Waals surface area contributed by atoms with Crippen molar-refractivity contribution in [3.63, 3.8) is 0 Å². The molecule has 0 N–H and O–H groups in total. The molecule has 6 heteroatoms. The molecule has 1 heterocycles. The number of piperidine rings is 1. The second-order valence-corrected chi connectivity index (χ2v) is 11.7. The number of fused-ring (bicyclic) bond motifs is 5. The Morgan fingerprint density at radius 1 is 1.03 bits per heavy atom. The number of quaternary nitrogens is 1. The van der Waals surface area contributed by atoms with Gasteiger partial charge in [0.05, 0.1) is 13.5 Å². The maximum absolute atomic E-state index is 13.5. The fraction of sp³-hybridized carbons (Fsp3) is 0.667. The minimum absolute atomic E-state index is 0.0687. The van der Waals surface area contributed by atoms with Crippen LogP contribution < -0.4 is 9.22 Å². The van der Waals surface area contributed by atoms with E-state index in [4.69, 9.17) is 0 Å². The number of hydrogen-bond donors (Lipinski definition) is 0. The van der Waals surface area contributed by atoms with Crippen molar-refractivity contribution in [1.29, 1.82) is 0 Å². The van der Waals surface area contributed by atoms with Crippen LogP contribution in [0.3, 0.4) is 0 Å². The first kappa shape index (κ1) is 22.9. The van der Waals surface area contributed by atoms with E-state index in [1.54, 1.807) is 12.1 Å². The van der Waals surface area contributed by atoms with Gasteiger partial charge in [0.15, 0.2) is 0 Å². The summed E-state index contributed by atoms with van der Waals surface area (Å²) < 4.78 is 42.1. The van der Waals surface area contributed by atoms with E-state index in [2.05, 4.69) is 25.5 Å². The Bertz CT molecular complexity index is 1000. The smallest absolute Gasteiger partial charge is 0.406 e. The van der Waals surface area contributed by atoms with Gasteiger partial charge >= 0.3 is 12.3 Å². The first-order valence-corrected chi connectivity index (χ1v) is 12.4. The normalized spacial score (nSPS) is 40.8. The lowest BCUT2D eigenvalue weighted by molar-refractivity contribution is -0.274. The third-order valence-electron chi connectivity index (χ3n) is 9.91. The first-order chi connectivity index (χ1) is 15.4. The van der Waals surface area contributed by atoms with Crippen LogP contribution in [0, 0.1) is 28.6 Å². The highest BCUT2D eigenvalue weighted by molar-refractivity contribution is 5.92. The largest absolute Gasteiger partial charge is 0.573 e. The Hall–Kier alpha value is -1.82. The minimum Gasteiger partial charge on any atom is -0.406 e. The van der Waals surface area contributed by atoms with E-state index >= 15 is 0 Å². The summed E-state index contributed by atoms with van der Waals surface area (Å²) in [6, 6.07) is 5.92. The molecule has 1 aromatic carbocycles. The maximum Gasteiger partial charge on any atom is 0.573 e. The van der Waals surface area contributed by atoms with Crippen LogP contribution in [0.4, 0.5) is 18.9 Å².